The normalized spacial score (nSPS) is 29.6. The average molecular weight is 279 g/mol. The van der Waals surface area contributed by atoms with E-state index in [0.29, 0.717) is 29.8 Å². The van der Waals surface area contributed by atoms with Gasteiger partial charge < -0.3 is 19.8 Å². The fraction of sp³-hybridized carbons (Fsp3) is 0.714. The Hall–Kier alpha value is -1.40. The molecule has 0 radical (unpaired) electrons. The molecule has 1 aromatic rings. The molecule has 6 heteroatoms. The molecule has 1 saturated carbocycles. The van der Waals surface area contributed by atoms with Crippen LogP contribution in [0.4, 0.5) is 5.82 Å². The number of nitrogens with zero attached hydrogens (tertiary/aromatic N) is 2. The van der Waals surface area contributed by atoms with E-state index in [-0.39, 0.29) is 12.0 Å². The lowest BCUT2D eigenvalue weighted by Crippen LogP contribution is -2.28. The molecule has 1 aliphatic carbocycles. The number of nitrogens with one attached hydrogen (secondary N) is 1. The van der Waals surface area contributed by atoms with Crippen molar-refractivity contribution >= 4 is 11.7 Å². The number of fused-ring (bicyclic) bond motifs is 1. The number of aromatic nitrogens is 1. The number of aliphatic hydroxyl groups excluding tert-OH is 1. The van der Waals surface area contributed by atoms with Gasteiger partial charge in [-0.05, 0) is 25.7 Å². The predicted molar refractivity (Wildman–Crippen MR) is 73.1 cm³/mol. The number of aryl methyl sites for hydroxylation is 1. The molecule has 0 bridgehead atoms. The zero-order chi connectivity index (χ0) is 14.1. The molecule has 20 heavy (non-hydrogen) atoms. The van der Waals surface area contributed by atoms with Crippen molar-refractivity contribution in [1.82, 2.24) is 10.1 Å². The number of carbonyl (C=O) groups is 1. The van der Waals surface area contributed by atoms with Crippen LogP contribution in [0.15, 0.2) is 10.6 Å². The van der Waals surface area contributed by atoms with Crippen molar-refractivity contribution in [1.29, 1.82) is 0 Å². The second-order valence-corrected chi connectivity index (χ2v) is 5.95. The summed E-state index contributed by atoms with van der Waals surface area (Å²) in [5, 5.41) is 16.3. The van der Waals surface area contributed by atoms with Gasteiger partial charge in [-0.1, -0.05) is 5.16 Å². The van der Waals surface area contributed by atoms with E-state index >= 15 is 0 Å². The second kappa shape index (κ2) is 5.54. The smallest absolute Gasteiger partial charge is 0.226 e. The Labute approximate surface area is 118 Å². The lowest BCUT2D eigenvalue weighted by Gasteiger charge is -2.17. The zero-order valence-corrected chi connectivity index (χ0v) is 11.7. The Morgan fingerprint density at radius 1 is 1.55 bits per heavy atom. The van der Waals surface area contributed by atoms with Crippen molar-refractivity contribution in [3.05, 3.63) is 11.8 Å². The van der Waals surface area contributed by atoms with Crippen molar-refractivity contribution in [2.24, 2.45) is 11.8 Å². The molecule has 3 atom stereocenters. The number of likely N-dealkylation sites (tertiary alicyclic amines) is 1. The van der Waals surface area contributed by atoms with Crippen LogP contribution in [0.25, 0.3) is 0 Å². The summed E-state index contributed by atoms with van der Waals surface area (Å²) in [6.07, 6.45) is 2.36. The van der Waals surface area contributed by atoms with E-state index in [1.165, 1.54) is 0 Å². The van der Waals surface area contributed by atoms with Gasteiger partial charge >= 0.3 is 0 Å². The van der Waals surface area contributed by atoms with Gasteiger partial charge in [0.2, 0.25) is 5.91 Å². The van der Waals surface area contributed by atoms with Crippen LogP contribution in [0.1, 0.15) is 25.0 Å². The van der Waals surface area contributed by atoms with Crippen molar-refractivity contribution in [3.63, 3.8) is 0 Å². The minimum atomic E-state index is -0.142. The second-order valence-electron chi connectivity index (χ2n) is 5.95. The van der Waals surface area contributed by atoms with E-state index in [0.717, 1.165) is 32.5 Å². The van der Waals surface area contributed by atoms with E-state index in [4.69, 9.17) is 4.52 Å². The van der Waals surface area contributed by atoms with Gasteiger partial charge in [-0.15, -0.1) is 0 Å². The number of hydrogen-bond acceptors (Lipinski definition) is 5. The Balaban J connectivity index is 1.43. The topological polar surface area (TPSA) is 78.6 Å². The average Bonchev–Trinajstić information content (AvgIpc) is 3.07. The van der Waals surface area contributed by atoms with E-state index in [9.17, 15) is 9.90 Å². The number of amides is 1. The zero-order valence-electron chi connectivity index (χ0n) is 11.7. The van der Waals surface area contributed by atoms with Crippen LogP contribution in [0.2, 0.25) is 0 Å². The molecule has 0 aromatic carbocycles. The molecule has 1 amide bonds. The standard InChI is InChI=1S/C14H21N3O3/c1-9-6-13(16-20-9)15-14(19)4-5-17-7-10-2-3-12(18)11(10)8-17/h6,10-12,18H,2-5,7-8H2,1H3,(H,15,16,19). The molecule has 1 saturated heterocycles. The van der Waals surface area contributed by atoms with Crippen LogP contribution in [0.5, 0.6) is 0 Å². The van der Waals surface area contributed by atoms with Gasteiger partial charge in [0.05, 0.1) is 6.10 Å². The van der Waals surface area contributed by atoms with Gasteiger partial charge in [-0.3, -0.25) is 4.79 Å². The monoisotopic (exact) mass is 279 g/mol. The third-order valence-corrected chi connectivity index (χ3v) is 4.45. The van der Waals surface area contributed by atoms with Crippen LogP contribution in [-0.4, -0.2) is 46.8 Å². The number of anilines is 1. The minimum Gasteiger partial charge on any atom is -0.393 e. The van der Waals surface area contributed by atoms with Gasteiger partial charge in [0.15, 0.2) is 5.82 Å². The van der Waals surface area contributed by atoms with Crippen LogP contribution >= 0.6 is 0 Å². The maximum Gasteiger partial charge on any atom is 0.226 e. The highest BCUT2D eigenvalue weighted by atomic mass is 16.5. The van der Waals surface area contributed by atoms with Gasteiger partial charge in [-0.25, -0.2) is 0 Å². The maximum atomic E-state index is 11.8. The number of aliphatic hydroxyl groups is 1. The number of rotatable bonds is 4. The summed E-state index contributed by atoms with van der Waals surface area (Å²) in [6, 6.07) is 1.70. The quantitative estimate of drug-likeness (QED) is 0.860. The fourth-order valence-electron chi connectivity index (χ4n) is 3.40. The van der Waals surface area contributed by atoms with Crippen molar-refractivity contribution in [2.45, 2.75) is 32.3 Å². The van der Waals surface area contributed by atoms with Gasteiger partial charge in [0, 0.05) is 38.0 Å². The van der Waals surface area contributed by atoms with E-state index in [1.54, 1.807) is 13.0 Å². The lowest BCUT2D eigenvalue weighted by atomic mass is 10.00. The summed E-state index contributed by atoms with van der Waals surface area (Å²) in [4.78, 5) is 14.1. The van der Waals surface area contributed by atoms with E-state index in [1.807, 2.05) is 0 Å². The van der Waals surface area contributed by atoms with Crippen LogP contribution in [0.3, 0.4) is 0 Å². The molecular weight excluding hydrogens is 258 g/mol. The van der Waals surface area contributed by atoms with Crippen LogP contribution in [-0.2, 0) is 4.79 Å². The first kappa shape index (κ1) is 13.6. The molecule has 1 aromatic heterocycles. The molecule has 2 fully saturated rings. The van der Waals surface area contributed by atoms with Gasteiger partial charge in [0.25, 0.3) is 0 Å². The third kappa shape index (κ3) is 2.86. The molecule has 0 spiro atoms. The summed E-state index contributed by atoms with van der Waals surface area (Å²) in [7, 11) is 0. The highest BCUT2D eigenvalue weighted by molar-refractivity contribution is 5.89. The molecule has 1 aliphatic heterocycles. The molecular formula is C14H21N3O3. The number of hydrogen-bond donors (Lipinski definition) is 2. The first-order chi connectivity index (χ1) is 9.61. The lowest BCUT2D eigenvalue weighted by molar-refractivity contribution is -0.116. The Kier molecular flexibility index (Phi) is 3.76. The largest absolute Gasteiger partial charge is 0.393 e. The Bertz CT molecular complexity index is 488. The van der Waals surface area contributed by atoms with Crippen molar-refractivity contribution in [3.8, 4) is 0 Å². The van der Waals surface area contributed by atoms with Crippen molar-refractivity contribution < 1.29 is 14.4 Å². The summed E-state index contributed by atoms with van der Waals surface area (Å²) < 4.78 is 4.90. The van der Waals surface area contributed by atoms with Gasteiger partial charge in [-0.2, -0.15) is 0 Å². The number of carbonyl (C=O) groups excluding carboxylic acids is 1. The highest BCUT2D eigenvalue weighted by Gasteiger charge is 2.41. The summed E-state index contributed by atoms with van der Waals surface area (Å²) in [5.41, 5.74) is 0. The van der Waals surface area contributed by atoms with Crippen LogP contribution < -0.4 is 5.32 Å². The maximum absolute atomic E-state index is 11.8. The molecule has 3 rings (SSSR count). The SMILES string of the molecule is Cc1cc(NC(=O)CCN2CC3CCC(O)C3C2)no1. The molecule has 6 nitrogen and oxygen atoms in total. The molecule has 3 unspecified atom stereocenters. The summed E-state index contributed by atoms with van der Waals surface area (Å²) in [6.45, 7) is 4.46. The Morgan fingerprint density at radius 3 is 3.10 bits per heavy atom. The van der Waals surface area contributed by atoms with E-state index < -0.39 is 0 Å². The minimum absolute atomic E-state index is 0.0455. The molecule has 2 heterocycles. The molecule has 2 aliphatic rings. The fourth-order valence-corrected chi connectivity index (χ4v) is 3.40. The van der Waals surface area contributed by atoms with Crippen LogP contribution in [0, 0.1) is 18.8 Å². The van der Waals surface area contributed by atoms with E-state index in [2.05, 4.69) is 15.4 Å². The van der Waals surface area contributed by atoms with Crippen molar-refractivity contribution in [2.75, 3.05) is 25.0 Å². The molecule has 2 N–H and O–H groups in total. The first-order valence-electron chi connectivity index (χ1n) is 7.25. The first-order valence-corrected chi connectivity index (χ1v) is 7.25. The third-order valence-electron chi connectivity index (χ3n) is 4.45. The molecule has 110 valence electrons. The highest BCUT2D eigenvalue weighted by Crippen LogP contribution is 2.37. The Morgan fingerprint density at radius 2 is 2.40 bits per heavy atom. The summed E-state index contributed by atoms with van der Waals surface area (Å²) >= 11 is 0. The summed E-state index contributed by atoms with van der Waals surface area (Å²) in [5.74, 6) is 2.14. The van der Waals surface area contributed by atoms with Gasteiger partial charge in [0.1, 0.15) is 5.76 Å². The predicted octanol–water partition coefficient (Wildman–Crippen LogP) is 1.01.